The molecule has 1 fully saturated rings. The Morgan fingerprint density at radius 3 is 2.62 bits per heavy atom. The Balaban J connectivity index is 1.77. The van der Waals surface area contributed by atoms with Crippen LogP contribution in [-0.4, -0.2) is 58.0 Å². The van der Waals surface area contributed by atoms with Crippen molar-refractivity contribution in [1.82, 2.24) is 9.91 Å². The molecule has 1 amide bonds. The number of hydrazone groups is 1. The van der Waals surface area contributed by atoms with Crippen molar-refractivity contribution >= 4 is 17.8 Å². The van der Waals surface area contributed by atoms with Crippen molar-refractivity contribution in [2.75, 3.05) is 19.6 Å². The SMILES string of the molecule is CC(C)(C)OC(=O)N1CCC(CN2N=C(CC(=O)O)c3ccccc3C2(C)C)C1. The number of hydrogen-bond donors (Lipinski definition) is 1. The lowest BCUT2D eigenvalue weighted by Gasteiger charge is -2.43. The molecule has 1 saturated heterocycles. The molecule has 1 N–H and O–H groups in total. The zero-order chi connectivity index (χ0) is 21.4. The molecule has 0 bridgehead atoms. The van der Waals surface area contributed by atoms with Gasteiger partial charge in [-0.15, -0.1) is 0 Å². The number of benzene rings is 1. The van der Waals surface area contributed by atoms with E-state index in [1.54, 1.807) is 4.90 Å². The number of rotatable bonds is 4. The number of nitrogens with zero attached hydrogens (tertiary/aromatic N) is 3. The largest absolute Gasteiger partial charge is 0.481 e. The summed E-state index contributed by atoms with van der Waals surface area (Å²) in [4.78, 5) is 25.5. The summed E-state index contributed by atoms with van der Waals surface area (Å²) in [6, 6.07) is 7.87. The fourth-order valence-electron chi connectivity index (χ4n) is 3.99. The van der Waals surface area contributed by atoms with Crippen LogP contribution in [0.4, 0.5) is 4.79 Å². The number of ether oxygens (including phenoxy) is 1. The van der Waals surface area contributed by atoms with Gasteiger partial charge in [-0.05, 0) is 52.5 Å². The van der Waals surface area contributed by atoms with E-state index < -0.39 is 11.6 Å². The Bertz CT molecular complexity index is 826. The highest BCUT2D eigenvalue weighted by Gasteiger charge is 2.39. The molecule has 2 aliphatic rings. The number of hydrogen-bond acceptors (Lipinski definition) is 5. The highest BCUT2D eigenvalue weighted by Crippen LogP contribution is 2.37. The van der Waals surface area contributed by atoms with Gasteiger partial charge in [0.2, 0.25) is 0 Å². The number of amides is 1. The van der Waals surface area contributed by atoms with Crippen LogP contribution in [0.1, 0.15) is 58.6 Å². The molecule has 0 aromatic heterocycles. The minimum absolute atomic E-state index is 0.113. The van der Waals surface area contributed by atoms with Crippen LogP contribution < -0.4 is 0 Å². The molecule has 1 aromatic carbocycles. The van der Waals surface area contributed by atoms with Crippen molar-refractivity contribution in [3.8, 4) is 0 Å². The first-order chi connectivity index (χ1) is 13.5. The van der Waals surface area contributed by atoms with Crippen molar-refractivity contribution in [3.05, 3.63) is 35.4 Å². The quantitative estimate of drug-likeness (QED) is 0.832. The molecule has 7 nitrogen and oxygen atoms in total. The maximum Gasteiger partial charge on any atom is 0.410 e. The van der Waals surface area contributed by atoms with E-state index in [0.29, 0.717) is 25.3 Å². The van der Waals surface area contributed by atoms with Crippen LogP contribution in [0.2, 0.25) is 0 Å². The zero-order valence-corrected chi connectivity index (χ0v) is 17.9. The van der Waals surface area contributed by atoms with Gasteiger partial charge < -0.3 is 14.7 Å². The number of carboxylic acids is 1. The first kappa shape index (κ1) is 21.1. The van der Waals surface area contributed by atoms with E-state index in [0.717, 1.165) is 17.5 Å². The summed E-state index contributed by atoms with van der Waals surface area (Å²) in [5.74, 6) is -0.642. The molecule has 29 heavy (non-hydrogen) atoms. The molecule has 1 aromatic rings. The van der Waals surface area contributed by atoms with Gasteiger partial charge in [-0.1, -0.05) is 24.3 Å². The monoisotopic (exact) mass is 401 g/mol. The summed E-state index contributed by atoms with van der Waals surface area (Å²) in [5.41, 5.74) is 1.68. The van der Waals surface area contributed by atoms with Crippen LogP contribution >= 0.6 is 0 Å². The number of fused-ring (bicyclic) bond motifs is 1. The van der Waals surface area contributed by atoms with Crippen LogP contribution in [0.3, 0.4) is 0 Å². The highest BCUT2D eigenvalue weighted by molar-refractivity contribution is 6.10. The predicted molar refractivity (Wildman–Crippen MR) is 111 cm³/mol. The van der Waals surface area contributed by atoms with Crippen LogP contribution in [-0.2, 0) is 15.1 Å². The van der Waals surface area contributed by atoms with Crippen LogP contribution in [0.5, 0.6) is 0 Å². The molecule has 1 atom stereocenters. The second-order valence-electron chi connectivity index (χ2n) is 9.38. The molecule has 1 unspecified atom stereocenters. The van der Waals surface area contributed by atoms with Gasteiger partial charge >= 0.3 is 12.1 Å². The van der Waals surface area contributed by atoms with E-state index in [9.17, 15) is 14.7 Å². The van der Waals surface area contributed by atoms with E-state index in [-0.39, 0.29) is 24.0 Å². The van der Waals surface area contributed by atoms with Gasteiger partial charge in [0, 0.05) is 25.2 Å². The van der Waals surface area contributed by atoms with Gasteiger partial charge in [-0.25, -0.2) is 4.79 Å². The van der Waals surface area contributed by atoms with Crippen LogP contribution in [0, 0.1) is 5.92 Å². The highest BCUT2D eigenvalue weighted by atomic mass is 16.6. The van der Waals surface area contributed by atoms with E-state index in [2.05, 4.69) is 13.8 Å². The summed E-state index contributed by atoms with van der Waals surface area (Å²) in [5, 5.41) is 16.1. The number of carboxylic acid groups (broad SMARTS) is 1. The van der Waals surface area contributed by atoms with Crippen LogP contribution in [0.25, 0.3) is 0 Å². The fourth-order valence-corrected chi connectivity index (χ4v) is 3.99. The second kappa shape index (κ2) is 7.69. The van der Waals surface area contributed by atoms with E-state index >= 15 is 0 Å². The first-order valence-corrected chi connectivity index (χ1v) is 10.1. The Labute approximate surface area is 172 Å². The minimum Gasteiger partial charge on any atom is -0.481 e. The fraction of sp³-hybridized carbons (Fsp3) is 0.591. The van der Waals surface area contributed by atoms with Crippen molar-refractivity contribution in [2.45, 2.75) is 58.6 Å². The first-order valence-electron chi connectivity index (χ1n) is 10.1. The summed E-state index contributed by atoms with van der Waals surface area (Å²) in [7, 11) is 0. The van der Waals surface area contributed by atoms with E-state index in [4.69, 9.17) is 9.84 Å². The molecule has 7 heteroatoms. The van der Waals surface area contributed by atoms with Gasteiger partial charge in [0.05, 0.1) is 17.7 Å². The molecule has 2 heterocycles. The lowest BCUT2D eigenvalue weighted by molar-refractivity contribution is -0.135. The van der Waals surface area contributed by atoms with Gasteiger partial charge in [-0.2, -0.15) is 5.10 Å². The topological polar surface area (TPSA) is 82.4 Å². The molecular formula is C22H31N3O4. The minimum atomic E-state index is -0.893. The predicted octanol–water partition coefficient (Wildman–Crippen LogP) is 3.67. The third-order valence-corrected chi connectivity index (χ3v) is 5.47. The van der Waals surface area contributed by atoms with E-state index in [1.807, 2.05) is 50.0 Å². The third kappa shape index (κ3) is 4.71. The number of likely N-dealkylation sites (tertiary alicyclic amines) is 1. The molecule has 158 valence electrons. The Hall–Kier alpha value is -2.57. The summed E-state index contributed by atoms with van der Waals surface area (Å²) in [6.45, 7) is 11.7. The molecule has 3 rings (SSSR count). The Kier molecular flexibility index (Phi) is 5.61. The maximum absolute atomic E-state index is 12.4. The van der Waals surface area contributed by atoms with Gasteiger partial charge in [0.1, 0.15) is 5.60 Å². The molecule has 0 spiro atoms. The average molecular weight is 402 g/mol. The normalized spacial score (nSPS) is 20.9. The molecule has 0 saturated carbocycles. The standard InChI is InChI=1S/C22H31N3O4/c1-21(2,3)29-20(28)24-11-10-15(13-24)14-25-22(4,5)17-9-7-6-8-16(17)18(23-25)12-19(26)27/h6-9,15H,10-14H2,1-5H3,(H,26,27). The molecule has 0 radical (unpaired) electrons. The van der Waals surface area contributed by atoms with Crippen molar-refractivity contribution < 1.29 is 19.4 Å². The van der Waals surface area contributed by atoms with Crippen LogP contribution in [0.15, 0.2) is 29.4 Å². The van der Waals surface area contributed by atoms with Gasteiger partial charge in [0.25, 0.3) is 0 Å². The van der Waals surface area contributed by atoms with Crippen molar-refractivity contribution in [2.24, 2.45) is 11.0 Å². The van der Waals surface area contributed by atoms with Gasteiger partial charge in [0.15, 0.2) is 0 Å². The average Bonchev–Trinajstić information content (AvgIpc) is 3.06. The second-order valence-corrected chi connectivity index (χ2v) is 9.38. The number of aliphatic carboxylic acids is 1. The lowest BCUT2D eigenvalue weighted by atomic mass is 9.84. The third-order valence-electron chi connectivity index (χ3n) is 5.47. The van der Waals surface area contributed by atoms with Gasteiger partial charge in [-0.3, -0.25) is 9.80 Å². The molecular weight excluding hydrogens is 370 g/mol. The number of carbonyl (C=O) groups excluding carboxylic acids is 1. The zero-order valence-electron chi connectivity index (χ0n) is 17.9. The smallest absolute Gasteiger partial charge is 0.410 e. The lowest BCUT2D eigenvalue weighted by Crippen LogP contribution is -2.46. The molecule has 0 aliphatic carbocycles. The summed E-state index contributed by atoms with van der Waals surface area (Å²) >= 11 is 0. The Morgan fingerprint density at radius 1 is 1.28 bits per heavy atom. The summed E-state index contributed by atoms with van der Waals surface area (Å²) in [6.07, 6.45) is 0.480. The number of carbonyl (C=O) groups is 2. The van der Waals surface area contributed by atoms with Crippen molar-refractivity contribution in [1.29, 1.82) is 0 Å². The molecule has 2 aliphatic heterocycles. The summed E-state index contributed by atoms with van der Waals surface area (Å²) < 4.78 is 5.49. The van der Waals surface area contributed by atoms with Crippen molar-refractivity contribution in [3.63, 3.8) is 0 Å². The Morgan fingerprint density at radius 2 is 1.97 bits per heavy atom. The maximum atomic E-state index is 12.4. The van der Waals surface area contributed by atoms with E-state index in [1.165, 1.54) is 0 Å².